The van der Waals surface area contributed by atoms with Crippen LogP contribution < -0.4 is 14.8 Å². The summed E-state index contributed by atoms with van der Waals surface area (Å²) in [6.07, 6.45) is 5.16. The third-order valence-electron chi connectivity index (χ3n) is 5.19. The second kappa shape index (κ2) is 7.33. The van der Waals surface area contributed by atoms with Gasteiger partial charge in [-0.3, -0.25) is 9.59 Å². The van der Waals surface area contributed by atoms with Crippen molar-refractivity contribution in [3.8, 4) is 11.5 Å². The highest BCUT2D eigenvalue weighted by Gasteiger charge is 2.41. The second-order valence-electron chi connectivity index (χ2n) is 7.00. The molecule has 1 aliphatic carbocycles. The first-order valence-electron chi connectivity index (χ1n) is 8.91. The van der Waals surface area contributed by atoms with Crippen molar-refractivity contribution in [1.82, 2.24) is 10.2 Å². The van der Waals surface area contributed by atoms with Crippen molar-refractivity contribution in [1.29, 1.82) is 0 Å². The Morgan fingerprint density at radius 2 is 1.84 bits per heavy atom. The molecule has 1 heterocycles. The van der Waals surface area contributed by atoms with E-state index in [9.17, 15) is 9.59 Å². The van der Waals surface area contributed by atoms with E-state index in [1.807, 2.05) is 18.2 Å². The number of rotatable bonds is 5. The number of ether oxygens (including phenoxy) is 2. The van der Waals surface area contributed by atoms with Crippen LogP contribution in [0.1, 0.15) is 44.1 Å². The molecule has 2 aliphatic rings. The van der Waals surface area contributed by atoms with Gasteiger partial charge in [-0.25, -0.2) is 0 Å². The molecule has 1 aromatic carbocycles. The van der Waals surface area contributed by atoms with E-state index in [0.29, 0.717) is 18.7 Å². The molecular formula is C19H26N2O4. The number of nitrogens with one attached hydrogen (secondary N) is 1. The summed E-state index contributed by atoms with van der Waals surface area (Å²) in [6.45, 7) is 0.590. The van der Waals surface area contributed by atoms with Gasteiger partial charge in [0.05, 0.1) is 5.41 Å². The minimum atomic E-state index is -0.541. The average Bonchev–Trinajstić information content (AvgIpc) is 3.09. The number of hydrogen-bond donors (Lipinski definition) is 1. The van der Waals surface area contributed by atoms with Gasteiger partial charge in [-0.2, -0.15) is 0 Å². The van der Waals surface area contributed by atoms with E-state index in [-0.39, 0.29) is 18.6 Å². The van der Waals surface area contributed by atoms with Gasteiger partial charge in [0.1, 0.15) is 0 Å². The lowest BCUT2D eigenvalue weighted by molar-refractivity contribution is -0.129. The Bertz CT molecular complexity index is 651. The van der Waals surface area contributed by atoms with Crippen LogP contribution in [0.4, 0.5) is 0 Å². The van der Waals surface area contributed by atoms with Gasteiger partial charge in [-0.15, -0.1) is 0 Å². The van der Waals surface area contributed by atoms with Crippen LogP contribution in [-0.4, -0.2) is 44.1 Å². The minimum Gasteiger partial charge on any atom is -0.454 e. The van der Waals surface area contributed by atoms with Gasteiger partial charge in [0.15, 0.2) is 11.5 Å². The molecule has 0 radical (unpaired) electrons. The SMILES string of the molecule is CN(C)C(=O)CCNC(=O)C1(c2ccc3c(c2)OCO3)CCCCC1. The zero-order chi connectivity index (χ0) is 17.9. The Morgan fingerprint density at radius 1 is 1.12 bits per heavy atom. The normalized spacial score (nSPS) is 17.8. The lowest BCUT2D eigenvalue weighted by Crippen LogP contribution is -2.46. The molecule has 2 amide bonds. The molecule has 1 aliphatic heterocycles. The van der Waals surface area contributed by atoms with Gasteiger partial charge in [-0.1, -0.05) is 25.3 Å². The molecule has 6 heteroatoms. The van der Waals surface area contributed by atoms with Gasteiger partial charge in [0, 0.05) is 27.1 Å². The average molecular weight is 346 g/mol. The molecule has 0 aromatic heterocycles. The Labute approximate surface area is 148 Å². The van der Waals surface area contributed by atoms with Crippen molar-refractivity contribution in [3.05, 3.63) is 23.8 Å². The van der Waals surface area contributed by atoms with Crippen LogP contribution in [0, 0.1) is 0 Å². The van der Waals surface area contributed by atoms with Crippen molar-refractivity contribution < 1.29 is 19.1 Å². The van der Waals surface area contributed by atoms with Crippen LogP contribution in [0.3, 0.4) is 0 Å². The topological polar surface area (TPSA) is 67.9 Å². The van der Waals surface area contributed by atoms with E-state index >= 15 is 0 Å². The van der Waals surface area contributed by atoms with Gasteiger partial charge < -0.3 is 19.7 Å². The van der Waals surface area contributed by atoms with E-state index in [4.69, 9.17) is 9.47 Å². The monoisotopic (exact) mass is 346 g/mol. The second-order valence-corrected chi connectivity index (χ2v) is 7.00. The van der Waals surface area contributed by atoms with Crippen molar-refractivity contribution in [3.63, 3.8) is 0 Å². The zero-order valence-corrected chi connectivity index (χ0v) is 15.0. The first kappa shape index (κ1) is 17.6. The maximum atomic E-state index is 13.1. The summed E-state index contributed by atoms with van der Waals surface area (Å²) in [4.78, 5) is 26.3. The Hall–Kier alpha value is -2.24. The fourth-order valence-electron chi connectivity index (χ4n) is 3.67. The summed E-state index contributed by atoms with van der Waals surface area (Å²) < 4.78 is 10.9. The fraction of sp³-hybridized carbons (Fsp3) is 0.579. The number of benzene rings is 1. The highest BCUT2D eigenvalue weighted by molar-refractivity contribution is 5.89. The number of fused-ring (bicyclic) bond motifs is 1. The van der Waals surface area contributed by atoms with Crippen LogP contribution in [0.5, 0.6) is 11.5 Å². The molecule has 1 N–H and O–H groups in total. The first-order chi connectivity index (χ1) is 12.0. The number of hydrogen-bond acceptors (Lipinski definition) is 4. The van der Waals surface area contributed by atoms with Gasteiger partial charge in [0.2, 0.25) is 18.6 Å². The molecule has 6 nitrogen and oxygen atoms in total. The molecule has 1 aromatic rings. The molecule has 0 bridgehead atoms. The van der Waals surface area contributed by atoms with Crippen LogP contribution in [0.25, 0.3) is 0 Å². The van der Waals surface area contributed by atoms with E-state index in [2.05, 4.69) is 5.32 Å². The summed E-state index contributed by atoms with van der Waals surface area (Å²) in [5.74, 6) is 1.46. The Morgan fingerprint density at radius 3 is 2.56 bits per heavy atom. The van der Waals surface area contributed by atoms with Crippen molar-refractivity contribution in [2.75, 3.05) is 27.4 Å². The number of nitrogens with zero attached hydrogens (tertiary/aromatic N) is 1. The standard InChI is InChI=1S/C19H26N2O4/c1-21(2)17(22)8-11-20-18(23)19(9-4-3-5-10-19)14-6-7-15-16(12-14)25-13-24-15/h6-7,12H,3-5,8-11,13H2,1-2H3,(H,20,23). The lowest BCUT2D eigenvalue weighted by Gasteiger charge is -2.36. The summed E-state index contributed by atoms with van der Waals surface area (Å²) in [5.41, 5.74) is 0.438. The predicted octanol–water partition coefficient (Wildman–Crippen LogP) is 2.21. The van der Waals surface area contributed by atoms with Gasteiger partial charge in [0.25, 0.3) is 0 Å². The Balaban J connectivity index is 1.76. The molecule has 0 unspecified atom stereocenters. The fourth-order valence-corrected chi connectivity index (χ4v) is 3.67. The smallest absolute Gasteiger partial charge is 0.231 e. The van der Waals surface area contributed by atoms with E-state index in [1.165, 1.54) is 0 Å². The molecule has 0 atom stereocenters. The van der Waals surface area contributed by atoms with Crippen molar-refractivity contribution in [2.24, 2.45) is 0 Å². The third-order valence-corrected chi connectivity index (χ3v) is 5.19. The summed E-state index contributed by atoms with van der Waals surface area (Å²) in [7, 11) is 3.44. The van der Waals surface area contributed by atoms with Crippen molar-refractivity contribution >= 4 is 11.8 Å². The molecule has 0 spiro atoms. The molecular weight excluding hydrogens is 320 g/mol. The highest BCUT2D eigenvalue weighted by atomic mass is 16.7. The number of amides is 2. The first-order valence-corrected chi connectivity index (χ1v) is 8.91. The number of carbonyl (C=O) groups excluding carboxylic acids is 2. The molecule has 3 rings (SSSR count). The maximum Gasteiger partial charge on any atom is 0.231 e. The van der Waals surface area contributed by atoms with Gasteiger partial charge in [-0.05, 0) is 30.5 Å². The molecule has 136 valence electrons. The van der Waals surface area contributed by atoms with Crippen LogP contribution >= 0.6 is 0 Å². The van der Waals surface area contributed by atoms with Crippen LogP contribution in [0.15, 0.2) is 18.2 Å². The van der Waals surface area contributed by atoms with Crippen molar-refractivity contribution in [2.45, 2.75) is 43.9 Å². The van der Waals surface area contributed by atoms with E-state index < -0.39 is 5.41 Å². The van der Waals surface area contributed by atoms with E-state index in [1.54, 1.807) is 19.0 Å². The summed E-state index contributed by atoms with van der Waals surface area (Å²) >= 11 is 0. The quantitative estimate of drug-likeness (QED) is 0.888. The molecule has 25 heavy (non-hydrogen) atoms. The third kappa shape index (κ3) is 3.57. The largest absolute Gasteiger partial charge is 0.454 e. The van der Waals surface area contributed by atoms with Crippen LogP contribution in [-0.2, 0) is 15.0 Å². The highest BCUT2D eigenvalue weighted by Crippen LogP contribution is 2.43. The van der Waals surface area contributed by atoms with Gasteiger partial charge >= 0.3 is 0 Å². The maximum absolute atomic E-state index is 13.1. The number of carbonyl (C=O) groups is 2. The zero-order valence-electron chi connectivity index (χ0n) is 15.0. The van der Waals surface area contributed by atoms with E-state index in [0.717, 1.165) is 43.4 Å². The molecule has 0 saturated heterocycles. The van der Waals surface area contributed by atoms with Crippen LogP contribution in [0.2, 0.25) is 0 Å². The predicted molar refractivity (Wildman–Crippen MR) is 93.6 cm³/mol. The molecule has 1 saturated carbocycles. The summed E-state index contributed by atoms with van der Waals surface area (Å²) in [6, 6.07) is 5.80. The lowest BCUT2D eigenvalue weighted by atomic mass is 9.68. The molecule has 1 fully saturated rings. The minimum absolute atomic E-state index is 0.0117. The summed E-state index contributed by atoms with van der Waals surface area (Å²) in [5, 5.41) is 2.99. The Kier molecular flexibility index (Phi) is 5.16.